The highest BCUT2D eigenvalue weighted by Gasteiger charge is 2.44. The summed E-state index contributed by atoms with van der Waals surface area (Å²) in [5, 5.41) is 17.8. The summed E-state index contributed by atoms with van der Waals surface area (Å²) in [6.45, 7) is 1.11. The predicted octanol–water partition coefficient (Wildman–Crippen LogP) is 2.24. The van der Waals surface area contributed by atoms with E-state index in [1.165, 1.54) is 0 Å². The zero-order chi connectivity index (χ0) is 14.6. The van der Waals surface area contributed by atoms with Gasteiger partial charge in [-0.1, -0.05) is 12.1 Å². The zero-order valence-corrected chi connectivity index (χ0v) is 11.4. The maximum atomic E-state index is 10.8. The van der Waals surface area contributed by atoms with Crippen LogP contribution in [0, 0.1) is 16.7 Å². The number of hydrogen-bond acceptors (Lipinski definition) is 4. The number of benzene rings is 1. The first kappa shape index (κ1) is 14.2. The van der Waals surface area contributed by atoms with Gasteiger partial charge in [0.05, 0.1) is 23.9 Å². The molecule has 0 bridgehead atoms. The number of carboxylic acid groups (broad SMARTS) is 1. The summed E-state index contributed by atoms with van der Waals surface area (Å²) in [5.74, 6) is -0.824. The van der Waals surface area contributed by atoms with Crippen molar-refractivity contribution in [2.24, 2.45) is 5.41 Å². The van der Waals surface area contributed by atoms with Gasteiger partial charge in [0.2, 0.25) is 0 Å². The first-order chi connectivity index (χ1) is 9.56. The van der Waals surface area contributed by atoms with Crippen molar-refractivity contribution in [1.29, 1.82) is 5.26 Å². The molecule has 0 spiro atoms. The Morgan fingerprint density at radius 1 is 1.45 bits per heavy atom. The molecule has 3 N–H and O–H groups in total. The highest BCUT2D eigenvalue weighted by Crippen LogP contribution is 2.49. The highest BCUT2D eigenvalue weighted by atomic mass is 16.4. The molecule has 0 aliphatic heterocycles. The number of anilines is 2. The molecule has 1 aliphatic rings. The molecular formula is C15H19N3O2. The van der Waals surface area contributed by atoms with E-state index in [-0.39, 0.29) is 11.8 Å². The molecule has 1 aromatic carbocycles. The van der Waals surface area contributed by atoms with Crippen LogP contribution in [0.5, 0.6) is 0 Å². The van der Waals surface area contributed by atoms with Crippen LogP contribution < -0.4 is 10.6 Å². The van der Waals surface area contributed by atoms with Crippen molar-refractivity contribution in [2.75, 3.05) is 23.7 Å². The van der Waals surface area contributed by atoms with Gasteiger partial charge in [0, 0.05) is 24.9 Å². The lowest BCUT2D eigenvalue weighted by Crippen LogP contribution is -2.33. The van der Waals surface area contributed by atoms with Crippen molar-refractivity contribution in [3.05, 3.63) is 24.3 Å². The van der Waals surface area contributed by atoms with E-state index in [0.29, 0.717) is 25.2 Å². The minimum Gasteiger partial charge on any atom is -0.481 e. The lowest BCUT2D eigenvalue weighted by Gasteiger charge is -2.29. The van der Waals surface area contributed by atoms with Gasteiger partial charge in [-0.05, 0) is 25.0 Å². The quantitative estimate of drug-likeness (QED) is 0.743. The SMILES string of the molecule is N#CCC1(CN(CCC(=O)O)c2ccccc2N)CC1. The van der Waals surface area contributed by atoms with Gasteiger partial charge in [0.15, 0.2) is 0 Å². The topological polar surface area (TPSA) is 90.3 Å². The summed E-state index contributed by atoms with van der Waals surface area (Å²) < 4.78 is 0. The van der Waals surface area contributed by atoms with E-state index in [4.69, 9.17) is 16.1 Å². The minimum absolute atomic E-state index is 0.0233. The van der Waals surface area contributed by atoms with Gasteiger partial charge in [0.25, 0.3) is 0 Å². The lowest BCUT2D eigenvalue weighted by molar-refractivity contribution is -0.136. The van der Waals surface area contributed by atoms with Crippen LogP contribution in [0.3, 0.4) is 0 Å². The number of carboxylic acids is 1. The first-order valence-corrected chi connectivity index (χ1v) is 6.74. The van der Waals surface area contributed by atoms with E-state index in [1.54, 1.807) is 0 Å². The van der Waals surface area contributed by atoms with E-state index in [1.807, 2.05) is 29.2 Å². The normalized spacial score (nSPS) is 15.3. The fourth-order valence-electron chi connectivity index (χ4n) is 2.43. The van der Waals surface area contributed by atoms with E-state index < -0.39 is 5.97 Å². The molecule has 0 heterocycles. The third-order valence-electron chi connectivity index (χ3n) is 3.81. The second-order valence-corrected chi connectivity index (χ2v) is 5.46. The molecule has 5 nitrogen and oxygen atoms in total. The van der Waals surface area contributed by atoms with Crippen LogP contribution in [0.2, 0.25) is 0 Å². The van der Waals surface area contributed by atoms with Crippen LogP contribution in [0.25, 0.3) is 0 Å². The smallest absolute Gasteiger partial charge is 0.305 e. The van der Waals surface area contributed by atoms with Gasteiger partial charge >= 0.3 is 5.97 Å². The molecule has 5 heteroatoms. The van der Waals surface area contributed by atoms with Gasteiger partial charge in [0.1, 0.15) is 0 Å². The van der Waals surface area contributed by atoms with Crippen molar-refractivity contribution < 1.29 is 9.90 Å². The van der Waals surface area contributed by atoms with Gasteiger partial charge in [-0.3, -0.25) is 4.79 Å². The van der Waals surface area contributed by atoms with Crippen LogP contribution in [0.1, 0.15) is 25.7 Å². The Labute approximate surface area is 118 Å². The van der Waals surface area contributed by atoms with Crippen molar-refractivity contribution >= 4 is 17.3 Å². The van der Waals surface area contributed by atoms with Crippen LogP contribution in [0.4, 0.5) is 11.4 Å². The number of carbonyl (C=O) groups is 1. The monoisotopic (exact) mass is 273 g/mol. The predicted molar refractivity (Wildman–Crippen MR) is 77.2 cm³/mol. The summed E-state index contributed by atoms with van der Waals surface area (Å²) in [7, 11) is 0. The van der Waals surface area contributed by atoms with Gasteiger partial charge in [-0.2, -0.15) is 5.26 Å². The summed E-state index contributed by atoms with van der Waals surface area (Å²) >= 11 is 0. The molecule has 0 atom stereocenters. The third kappa shape index (κ3) is 3.41. The fourth-order valence-corrected chi connectivity index (χ4v) is 2.43. The average molecular weight is 273 g/mol. The molecule has 0 amide bonds. The van der Waals surface area contributed by atoms with Crippen molar-refractivity contribution in [1.82, 2.24) is 0 Å². The second-order valence-electron chi connectivity index (χ2n) is 5.46. The molecule has 1 fully saturated rings. The maximum absolute atomic E-state index is 10.8. The summed E-state index contributed by atoms with van der Waals surface area (Å²) in [5.41, 5.74) is 7.51. The number of hydrogen-bond donors (Lipinski definition) is 2. The van der Waals surface area contributed by atoms with Crippen molar-refractivity contribution in [3.8, 4) is 6.07 Å². The second kappa shape index (κ2) is 5.83. The molecule has 0 unspecified atom stereocenters. The maximum Gasteiger partial charge on any atom is 0.305 e. The van der Waals surface area contributed by atoms with Crippen molar-refractivity contribution in [2.45, 2.75) is 25.7 Å². The summed E-state index contributed by atoms with van der Waals surface area (Å²) in [6.07, 6.45) is 2.63. The Morgan fingerprint density at radius 3 is 2.70 bits per heavy atom. The fraction of sp³-hybridized carbons (Fsp3) is 0.467. The molecule has 0 saturated heterocycles. The number of nitrogens with two attached hydrogens (primary N) is 1. The summed E-state index contributed by atoms with van der Waals surface area (Å²) in [6, 6.07) is 9.70. The number of rotatable bonds is 7. The minimum atomic E-state index is -0.824. The number of para-hydroxylation sites is 2. The van der Waals surface area contributed by atoms with Crippen LogP contribution in [0.15, 0.2) is 24.3 Å². The van der Waals surface area contributed by atoms with Gasteiger partial charge < -0.3 is 15.7 Å². The molecule has 1 aromatic rings. The van der Waals surface area contributed by atoms with Crippen LogP contribution >= 0.6 is 0 Å². The van der Waals surface area contributed by atoms with E-state index in [2.05, 4.69) is 6.07 Å². The number of nitrogens with zero attached hydrogens (tertiary/aromatic N) is 2. The standard InChI is InChI=1S/C15H19N3O2/c16-9-8-15(6-7-15)11-18(10-5-14(19)20)13-4-2-1-3-12(13)17/h1-4H,5-8,10-11,17H2,(H,19,20). The van der Waals surface area contributed by atoms with Crippen molar-refractivity contribution in [3.63, 3.8) is 0 Å². The average Bonchev–Trinajstić information content (AvgIpc) is 3.15. The molecule has 106 valence electrons. The highest BCUT2D eigenvalue weighted by molar-refractivity contribution is 5.70. The molecule has 1 saturated carbocycles. The Kier molecular flexibility index (Phi) is 4.14. The number of aliphatic carboxylic acids is 1. The molecule has 2 rings (SSSR count). The summed E-state index contributed by atoms with van der Waals surface area (Å²) in [4.78, 5) is 12.8. The molecular weight excluding hydrogens is 254 g/mol. The number of nitriles is 1. The van der Waals surface area contributed by atoms with Crippen LogP contribution in [-0.4, -0.2) is 24.2 Å². The molecule has 20 heavy (non-hydrogen) atoms. The Balaban J connectivity index is 2.15. The Hall–Kier alpha value is -2.22. The Bertz CT molecular complexity index is 532. The molecule has 0 radical (unpaired) electrons. The van der Waals surface area contributed by atoms with Gasteiger partial charge in [-0.15, -0.1) is 0 Å². The largest absolute Gasteiger partial charge is 0.481 e. The van der Waals surface area contributed by atoms with E-state index in [0.717, 1.165) is 18.5 Å². The van der Waals surface area contributed by atoms with E-state index in [9.17, 15) is 4.79 Å². The zero-order valence-electron chi connectivity index (χ0n) is 11.4. The third-order valence-corrected chi connectivity index (χ3v) is 3.81. The van der Waals surface area contributed by atoms with Crippen LogP contribution in [-0.2, 0) is 4.79 Å². The molecule has 1 aliphatic carbocycles. The lowest BCUT2D eigenvalue weighted by atomic mass is 10.0. The van der Waals surface area contributed by atoms with Gasteiger partial charge in [-0.25, -0.2) is 0 Å². The molecule has 0 aromatic heterocycles. The Morgan fingerprint density at radius 2 is 2.15 bits per heavy atom. The first-order valence-electron chi connectivity index (χ1n) is 6.74. The number of nitrogen functional groups attached to an aromatic ring is 1. The van der Waals surface area contributed by atoms with E-state index >= 15 is 0 Å².